The average molecular weight is 556 g/mol. The van der Waals surface area contributed by atoms with E-state index in [1.807, 2.05) is 20.8 Å². The molecule has 0 N–H and O–H groups in total. The first-order valence-corrected chi connectivity index (χ1v) is 11.8. The van der Waals surface area contributed by atoms with E-state index in [0.717, 1.165) is 0 Å². The number of nitro benzene ring substituents is 1. The van der Waals surface area contributed by atoms with Gasteiger partial charge >= 0.3 is 17.9 Å². The summed E-state index contributed by atoms with van der Waals surface area (Å²) in [6, 6.07) is 5.80. The van der Waals surface area contributed by atoms with Crippen molar-refractivity contribution in [1.82, 2.24) is 0 Å². The summed E-state index contributed by atoms with van der Waals surface area (Å²) >= 11 is 0. The monoisotopic (exact) mass is 555 g/mol. The molecule has 1 aromatic rings. The predicted octanol–water partition coefficient (Wildman–Crippen LogP) is 4.90. The maximum atomic E-state index is 12.4. The van der Waals surface area contributed by atoms with Gasteiger partial charge in [-0.3, -0.25) is 19.7 Å². The van der Waals surface area contributed by atoms with Crippen molar-refractivity contribution in [3.63, 3.8) is 0 Å². The minimum atomic E-state index is -0.889. The first-order valence-electron chi connectivity index (χ1n) is 11.8. The number of esters is 3. The third-order valence-electron chi connectivity index (χ3n) is 3.86. The predicted molar refractivity (Wildman–Crippen MR) is 154 cm³/mol. The molecule has 0 heterocycles. The Morgan fingerprint density at radius 2 is 1.51 bits per heavy atom. The van der Waals surface area contributed by atoms with Gasteiger partial charge in [-0.25, -0.2) is 16.6 Å². The summed E-state index contributed by atoms with van der Waals surface area (Å²) in [5, 5.41) is 11.3. The molecule has 0 radical (unpaired) electrons. The fraction of sp³-hybridized carbons (Fsp3) is 0.219. The number of rotatable bonds is 8. The minimum Gasteiger partial charge on any atom is -0.460 e. The number of benzene rings is 1. The molecule has 1 rings (SSSR count). The van der Waals surface area contributed by atoms with Gasteiger partial charge in [0.1, 0.15) is 17.8 Å². The first-order chi connectivity index (χ1) is 19.4. The third kappa shape index (κ3) is 19.0. The van der Waals surface area contributed by atoms with Gasteiger partial charge < -0.3 is 14.2 Å². The number of para-hydroxylation sites is 1. The van der Waals surface area contributed by atoms with Crippen LogP contribution in [0.15, 0.2) is 55.1 Å². The van der Waals surface area contributed by atoms with Gasteiger partial charge in [0.2, 0.25) is 0 Å². The van der Waals surface area contributed by atoms with Crippen LogP contribution in [0.2, 0.25) is 0 Å². The Balaban J connectivity index is 0.00000173. The van der Waals surface area contributed by atoms with E-state index >= 15 is 0 Å². The Bertz CT molecular complexity index is 1400. The molecule has 9 heteroatoms. The number of nitro groups is 1. The van der Waals surface area contributed by atoms with E-state index in [9.17, 15) is 24.5 Å². The van der Waals surface area contributed by atoms with E-state index < -0.39 is 16.9 Å². The van der Waals surface area contributed by atoms with Gasteiger partial charge in [0.15, 0.2) is 0 Å². The van der Waals surface area contributed by atoms with Crippen molar-refractivity contribution < 1.29 is 33.5 Å². The van der Waals surface area contributed by atoms with Gasteiger partial charge in [-0.1, -0.05) is 24.0 Å². The van der Waals surface area contributed by atoms with Gasteiger partial charge in [-0.2, -0.15) is 37.2 Å². The molecule has 9 nitrogen and oxygen atoms in total. The quantitative estimate of drug-likeness (QED) is 0.0844. The fourth-order valence-electron chi connectivity index (χ4n) is 2.46. The zero-order valence-corrected chi connectivity index (χ0v) is 23.2. The molecule has 0 atom stereocenters. The summed E-state index contributed by atoms with van der Waals surface area (Å²) in [5.41, 5.74) is -0.423. The SMILES string of the molecule is C=C[CH-]C#CC#COC(=O)CCC(=Cc1ccccc1[N+](=O)[O-])C(=O)OC#CC#C[CH-]C=C.CC(=O)OC(C)(C)C. The summed E-state index contributed by atoms with van der Waals surface area (Å²) < 4.78 is 14.3. The lowest BCUT2D eigenvalue weighted by Crippen LogP contribution is -2.21. The summed E-state index contributed by atoms with van der Waals surface area (Å²) in [7, 11) is 0. The molecule has 0 bridgehead atoms. The van der Waals surface area contributed by atoms with Crippen molar-refractivity contribution in [2.75, 3.05) is 0 Å². The van der Waals surface area contributed by atoms with E-state index in [4.69, 9.17) is 14.2 Å². The van der Waals surface area contributed by atoms with Crippen LogP contribution in [-0.4, -0.2) is 28.4 Å². The highest BCUT2D eigenvalue weighted by Crippen LogP contribution is 2.22. The molecular weight excluding hydrogens is 526 g/mol. The molecular formula is C32H29NO8-2. The zero-order valence-electron chi connectivity index (χ0n) is 23.2. The molecule has 0 aliphatic rings. The smallest absolute Gasteiger partial charge is 0.347 e. The third-order valence-corrected chi connectivity index (χ3v) is 3.86. The second kappa shape index (κ2) is 20.2. The molecule has 0 unspecified atom stereocenters. The molecule has 0 fully saturated rings. The van der Waals surface area contributed by atoms with Gasteiger partial charge in [0, 0.05) is 18.6 Å². The number of carbonyl (C=O) groups excluding carboxylic acids is 3. The van der Waals surface area contributed by atoms with Crippen LogP contribution in [0.3, 0.4) is 0 Å². The maximum absolute atomic E-state index is 12.4. The molecule has 1 aromatic carbocycles. The summed E-state index contributed by atoms with van der Waals surface area (Å²) in [4.78, 5) is 45.3. The lowest BCUT2D eigenvalue weighted by atomic mass is 10.0. The van der Waals surface area contributed by atoms with Crippen LogP contribution in [0.5, 0.6) is 0 Å². The Morgan fingerprint density at radius 1 is 0.951 bits per heavy atom. The van der Waals surface area contributed by atoms with Gasteiger partial charge in [-0.15, -0.1) is 12.8 Å². The largest absolute Gasteiger partial charge is 0.460 e. The van der Waals surface area contributed by atoms with Gasteiger partial charge in [0.05, 0.1) is 16.9 Å². The Morgan fingerprint density at radius 3 is 2.00 bits per heavy atom. The topological polar surface area (TPSA) is 122 Å². The normalized spacial score (nSPS) is 9.22. The summed E-state index contributed by atoms with van der Waals surface area (Å²) in [6.45, 7) is 13.8. The number of ether oxygens (including phenoxy) is 3. The molecule has 41 heavy (non-hydrogen) atoms. The zero-order chi connectivity index (χ0) is 31.1. The van der Waals surface area contributed by atoms with E-state index in [0.29, 0.717) is 0 Å². The Kier molecular flexibility index (Phi) is 17.4. The average Bonchev–Trinajstić information content (AvgIpc) is 2.89. The number of allylic oxidation sites excluding steroid dienone is 2. The molecule has 0 saturated carbocycles. The van der Waals surface area contributed by atoms with Crippen LogP contribution in [0.25, 0.3) is 6.08 Å². The molecule has 0 spiro atoms. The van der Waals surface area contributed by atoms with Crippen molar-refractivity contribution in [2.45, 2.75) is 46.1 Å². The standard InChI is InChI=1S/C26H17NO6.C6H12O2/c1-3-5-7-9-13-19-32-25(28)18-17-23(26(29)33-20-14-10-8-6-4-2)21-22-15-11-12-16-24(22)27(30)31;1-5(7)8-6(2,3)4/h3-6,11-12,15-16,21H,1-2,17-18H2;1-4H3/q-2;. The van der Waals surface area contributed by atoms with Crippen LogP contribution in [-0.2, 0) is 28.6 Å². The van der Waals surface area contributed by atoms with E-state index in [1.54, 1.807) is 6.07 Å². The highest BCUT2D eigenvalue weighted by molar-refractivity contribution is 5.95. The van der Waals surface area contributed by atoms with Crippen molar-refractivity contribution in [3.05, 3.63) is 83.7 Å². The van der Waals surface area contributed by atoms with Gasteiger partial charge in [-0.05, 0) is 39.3 Å². The number of hydrogen-bond acceptors (Lipinski definition) is 8. The minimum absolute atomic E-state index is 0.0329. The number of nitrogens with zero attached hydrogens (tertiary/aromatic N) is 1. The summed E-state index contributed by atoms with van der Waals surface area (Å²) in [5.74, 6) is 12.7. The molecule has 0 aliphatic carbocycles. The van der Waals surface area contributed by atoms with E-state index in [2.05, 4.69) is 60.9 Å². The highest BCUT2D eigenvalue weighted by atomic mass is 16.6. The van der Waals surface area contributed by atoms with Crippen LogP contribution in [0.1, 0.15) is 46.1 Å². The van der Waals surface area contributed by atoms with Crippen molar-refractivity contribution in [2.24, 2.45) is 0 Å². The Hall–Kier alpha value is -5.77. The van der Waals surface area contributed by atoms with E-state index in [-0.39, 0.29) is 41.2 Å². The molecule has 212 valence electrons. The number of carbonyl (C=O) groups is 3. The second-order valence-electron chi connectivity index (χ2n) is 8.35. The van der Waals surface area contributed by atoms with Crippen molar-refractivity contribution >= 4 is 29.7 Å². The molecule has 0 aliphatic heterocycles. The Labute approximate surface area is 240 Å². The lowest BCUT2D eigenvalue weighted by Gasteiger charge is -2.17. The van der Waals surface area contributed by atoms with Crippen LogP contribution >= 0.6 is 0 Å². The van der Waals surface area contributed by atoms with Crippen LogP contribution in [0.4, 0.5) is 5.69 Å². The van der Waals surface area contributed by atoms with Gasteiger partial charge in [0.25, 0.3) is 5.69 Å². The maximum Gasteiger partial charge on any atom is 0.347 e. The van der Waals surface area contributed by atoms with E-state index in [1.165, 1.54) is 56.2 Å². The second-order valence-corrected chi connectivity index (χ2v) is 8.35. The first kappa shape index (κ1) is 35.2. The highest BCUT2D eigenvalue weighted by Gasteiger charge is 2.17. The van der Waals surface area contributed by atoms with Crippen LogP contribution in [0, 0.1) is 70.7 Å². The van der Waals surface area contributed by atoms with Crippen molar-refractivity contribution in [3.8, 4) is 47.7 Å². The molecule has 0 aromatic heterocycles. The number of hydrogen-bond donors (Lipinski definition) is 0. The lowest BCUT2D eigenvalue weighted by molar-refractivity contribution is -0.385. The molecule has 0 amide bonds. The van der Waals surface area contributed by atoms with Crippen LogP contribution < -0.4 is 0 Å². The fourth-order valence-corrected chi connectivity index (χ4v) is 2.46. The van der Waals surface area contributed by atoms with Crippen molar-refractivity contribution in [1.29, 1.82) is 0 Å². The molecule has 0 saturated heterocycles. The summed E-state index contributed by atoms with van der Waals surface area (Å²) in [6.07, 6.45) is 11.0.